The van der Waals surface area contributed by atoms with E-state index < -0.39 is 0 Å². The van der Waals surface area contributed by atoms with Gasteiger partial charge in [-0.25, -0.2) is 0 Å². The molecule has 0 fully saturated rings. The van der Waals surface area contributed by atoms with Crippen molar-refractivity contribution in [1.82, 2.24) is 0 Å². The van der Waals surface area contributed by atoms with E-state index in [-0.39, 0.29) is 5.78 Å². The molecule has 2 nitrogen and oxygen atoms in total. The zero-order valence-electron chi connectivity index (χ0n) is 10.4. The van der Waals surface area contributed by atoms with Gasteiger partial charge in [0.1, 0.15) is 11.5 Å². The van der Waals surface area contributed by atoms with E-state index in [9.17, 15) is 4.79 Å². The van der Waals surface area contributed by atoms with Gasteiger partial charge in [0.2, 0.25) is 0 Å². The molecular formula is C16H16O2. The first kappa shape index (κ1) is 12.4. The molecule has 2 heteroatoms. The summed E-state index contributed by atoms with van der Waals surface area (Å²) in [4.78, 5) is 11.9. The van der Waals surface area contributed by atoms with Crippen LogP contribution in [0.4, 0.5) is 0 Å². The number of rotatable bonds is 5. The molecule has 0 aromatic heterocycles. The van der Waals surface area contributed by atoms with Crippen molar-refractivity contribution in [3.05, 3.63) is 65.7 Å². The van der Waals surface area contributed by atoms with Crippen molar-refractivity contribution in [1.29, 1.82) is 0 Å². The maximum atomic E-state index is 11.9. The molecular weight excluding hydrogens is 224 g/mol. The molecule has 0 atom stereocenters. The van der Waals surface area contributed by atoms with Crippen molar-refractivity contribution in [3.63, 3.8) is 0 Å². The molecule has 2 aromatic carbocycles. The lowest BCUT2D eigenvalue weighted by molar-refractivity contribution is -0.117. The quantitative estimate of drug-likeness (QED) is 0.803. The minimum Gasteiger partial charge on any atom is -0.497 e. The first-order chi connectivity index (χ1) is 8.78. The van der Waals surface area contributed by atoms with E-state index in [1.54, 1.807) is 7.11 Å². The van der Waals surface area contributed by atoms with Gasteiger partial charge in [0.05, 0.1) is 7.11 Å². The second-order valence-corrected chi connectivity index (χ2v) is 4.23. The third-order valence-corrected chi connectivity index (χ3v) is 2.80. The van der Waals surface area contributed by atoms with Crippen LogP contribution >= 0.6 is 0 Å². The molecule has 0 spiro atoms. The van der Waals surface area contributed by atoms with Gasteiger partial charge in [-0.05, 0) is 23.3 Å². The monoisotopic (exact) mass is 240 g/mol. The van der Waals surface area contributed by atoms with Crippen LogP contribution in [0.15, 0.2) is 54.6 Å². The molecule has 0 amide bonds. The van der Waals surface area contributed by atoms with Crippen molar-refractivity contribution < 1.29 is 9.53 Å². The number of methoxy groups -OCH3 is 1. The molecule has 92 valence electrons. The summed E-state index contributed by atoms with van der Waals surface area (Å²) in [5.41, 5.74) is 2.09. The SMILES string of the molecule is COc1ccc(CC(=O)Cc2ccccc2)cc1. The number of benzene rings is 2. The van der Waals surface area contributed by atoms with Crippen LogP contribution in [0.3, 0.4) is 0 Å². The van der Waals surface area contributed by atoms with Crippen LogP contribution in [0.5, 0.6) is 5.75 Å². The number of hydrogen-bond donors (Lipinski definition) is 0. The molecule has 0 saturated carbocycles. The second-order valence-electron chi connectivity index (χ2n) is 4.23. The Labute approximate surface area is 107 Å². The lowest BCUT2D eigenvalue weighted by Gasteiger charge is -2.03. The van der Waals surface area contributed by atoms with Crippen molar-refractivity contribution in [2.75, 3.05) is 7.11 Å². The maximum Gasteiger partial charge on any atom is 0.141 e. The Balaban J connectivity index is 1.94. The van der Waals surface area contributed by atoms with Gasteiger partial charge in [-0.2, -0.15) is 0 Å². The summed E-state index contributed by atoms with van der Waals surface area (Å²) in [6, 6.07) is 17.4. The van der Waals surface area contributed by atoms with Gasteiger partial charge < -0.3 is 4.74 Å². The predicted octanol–water partition coefficient (Wildman–Crippen LogP) is 3.05. The first-order valence-corrected chi connectivity index (χ1v) is 5.96. The Kier molecular flexibility index (Phi) is 4.13. The van der Waals surface area contributed by atoms with Crippen LogP contribution < -0.4 is 4.74 Å². The molecule has 0 saturated heterocycles. The minimum atomic E-state index is 0.228. The summed E-state index contributed by atoms with van der Waals surface area (Å²) in [6.45, 7) is 0. The summed E-state index contributed by atoms with van der Waals surface area (Å²) >= 11 is 0. The fraction of sp³-hybridized carbons (Fsp3) is 0.188. The zero-order valence-corrected chi connectivity index (χ0v) is 10.4. The van der Waals surface area contributed by atoms with E-state index >= 15 is 0 Å². The van der Waals surface area contributed by atoms with Gasteiger partial charge in [-0.1, -0.05) is 42.5 Å². The number of hydrogen-bond acceptors (Lipinski definition) is 2. The molecule has 0 bridgehead atoms. The smallest absolute Gasteiger partial charge is 0.141 e. The Morgan fingerprint density at radius 3 is 2.00 bits per heavy atom. The van der Waals surface area contributed by atoms with Gasteiger partial charge in [0.25, 0.3) is 0 Å². The second kappa shape index (κ2) is 6.01. The van der Waals surface area contributed by atoms with E-state index in [1.165, 1.54) is 0 Å². The fourth-order valence-electron chi connectivity index (χ4n) is 1.86. The normalized spacial score (nSPS) is 10.1. The van der Waals surface area contributed by atoms with Gasteiger partial charge in [-0.3, -0.25) is 4.79 Å². The maximum absolute atomic E-state index is 11.9. The predicted molar refractivity (Wildman–Crippen MR) is 71.9 cm³/mol. The highest BCUT2D eigenvalue weighted by atomic mass is 16.5. The van der Waals surface area contributed by atoms with E-state index in [0.29, 0.717) is 12.8 Å². The summed E-state index contributed by atoms with van der Waals surface area (Å²) in [5.74, 6) is 1.04. The summed E-state index contributed by atoms with van der Waals surface area (Å²) in [5, 5.41) is 0. The van der Waals surface area contributed by atoms with Gasteiger partial charge >= 0.3 is 0 Å². The molecule has 0 heterocycles. The van der Waals surface area contributed by atoms with Gasteiger partial charge in [-0.15, -0.1) is 0 Å². The standard InChI is InChI=1S/C16H16O2/c1-18-16-9-7-14(8-10-16)12-15(17)11-13-5-3-2-4-6-13/h2-10H,11-12H2,1H3. The summed E-state index contributed by atoms with van der Waals surface area (Å²) < 4.78 is 5.08. The molecule has 2 aromatic rings. The van der Waals surface area contributed by atoms with E-state index in [4.69, 9.17) is 4.74 Å². The number of Topliss-reactive ketones (excluding diaryl/α,β-unsaturated/α-hetero) is 1. The third kappa shape index (κ3) is 3.45. The van der Waals surface area contributed by atoms with Crippen molar-refractivity contribution in [3.8, 4) is 5.75 Å². The molecule has 0 aliphatic carbocycles. The first-order valence-electron chi connectivity index (χ1n) is 5.96. The van der Waals surface area contributed by atoms with Crippen LogP contribution in [0.2, 0.25) is 0 Å². The highest BCUT2D eigenvalue weighted by Crippen LogP contribution is 2.12. The number of carbonyl (C=O) groups excluding carboxylic acids is 1. The number of ether oxygens (including phenoxy) is 1. The summed E-state index contributed by atoms with van der Waals surface area (Å²) in [7, 11) is 1.63. The Morgan fingerprint density at radius 2 is 1.44 bits per heavy atom. The van der Waals surface area contributed by atoms with Crippen LogP contribution in [0.25, 0.3) is 0 Å². The van der Waals surface area contributed by atoms with Crippen LogP contribution in [-0.2, 0) is 17.6 Å². The summed E-state index contributed by atoms with van der Waals surface area (Å²) in [6.07, 6.45) is 0.964. The fourth-order valence-corrected chi connectivity index (χ4v) is 1.86. The van der Waals surface area contributed by atoms with Gasteiger partial charge in [0, 0.05) is 12.8 Å². The topological polar surface area (TPSA) is 26.3 Å². The lowest BCUT2D eigenvalue weighted by atomic mass is 10.0. The highest BCUT2D eigenvalue weighted by molar-refractivity contribution is 5.83. The van der Waals surface area contributed by atoms with E-state index in [1.807, 2.05) is 54.6 Å². The van der Waals surface area contributed by atoms with Crippen LogP contribution in [0.1, 0.15) is 11.1 Å². The highest BCUT2D eigenvalue weighted by Gasteiger charge is 2.05. The molecule has 2 rings (SSSR count). The zero-order chi connectivity index (χ0) is 12.8. The average Bonchev–Trinajstić information content (AvgIpc) is 2.40. The number of ketones is 1. The largest absolute Gasteiger partial charge is 0.497 e. The van der Waals surface area contributed by atoms with E-state index in [2.05, 4.69) is 0 Å². The third-order valence-electron chi connectivity index (χ3n) is 2.80. The molecule has 0 aliphatic rings. The average molecular weight is 240 g/mol. The molecule has 0 unspecified atom stereocenters. The lowest BCUT2D eigenvalue weighted by Crippen LogP contribution is -2.06. The molecule has 0 aliphatic heterocycles. The van der Waals surface area contributed by atoms with E-state index in [0.717, 1.165) is 16.9 Å². The number of carbonyl (C=O) groups is 1. The van der Waals surface area contributed by atoms with Crippen molar-refractivity contribution in [2.45, 2.75) is 12.8 Å². The molecule has 18 heavy (non-hydrogen) atoms. The molecule has 0 radical (unpaired) electrons. The minimum absolute atomic E-state index is 0.228. The Bertz CT molecular complexity index is 500. The molecule has 0 N–H and O–H groups in total. The van der Waals surface area contributed by atoms with Crippen LogP contribution in [-0.4, -0.2) is 12.9 Å². The Morgan fingerprint density at radius 1 is 0.889 bits per heavy atom. The van der Waals surface area contributed by atoms with Crippen molar-refractivity contribution in [2.24, 2.45) is 0 Å². The Hall–Kier alpha value is -2.09. The van der Waals surface area contributed by atoms with Crippen LogP contribution in [0, 0.1) is 0 Å². The van der Waals surface area contributed by atoms with Crippen molar-refractivity contribution >= 4 is 5.78 Å². The van der Waals surface area contributed by atoms with Gasteiger partial charge in [0.15, 0.2) is 0 Å².